The monoisotopic (exact) mass is 448 g/mol. The molecule has 6 nitrogen and oxygen atoms in total. The largest absolute Gasteiger partial charge is 0.326 e. The van der Waals surface area contributed by atoms with Crippen LogP contribution >= 0.6 is 22.7 Å². The van der Waals surface area contributed by atoms with Crippen molar-refractivity contribution in [3.05, 3.63) is 68.5 Å². The Balaban J connectivity index is 1.63. The average Bonchev–Trinajstić information content (AvgIpc) is 3.38. The third-order valence-electron chi connectivity index (χ3n) is 4.06. The van der Waals surface area contributed by atoms with Crippen molar-refractivity contribution in [1.29, 1.82) is 0 Å². The van der Waals surface area contributed by atoms with Gasteiger partial charge in [-0.25, -0.2) is 13.1 Å². The number of nitrogens with one attached hydrogen (secondary N) is 2. The van der Waals surface area contributed by atoms with Crippen molar-refractivity contribution >= 4 is 50.1 Å². The summed E-state index contributed by atoms with van der Waals surface area (Å²) in [5, 5.41) is 6.35. The molecule has 2 heterocycles. The van der Waals surface area contributed by atoms with Gasteiger partial charge >= 0.3 is 0 Å². The second-order valence-corrected chi connectivity index (χ2v) is 10.3. The Morgan fingerprint density at radius 2 is 1.76 bits per heavy atom. The van der Waals surface area contributed by atoms with E-state index in [0.717, 1.165) is 4.88 Å². The van der Waals surface area contributed by atoms with Gasteiger partial charge in [0, 0.05) is 34.0 Å². The van der Waals surface area contributed by atoms with E-state index < -0.39 is 10.0 Å². The van der Waals surface area contributed by atoms with Gasteiger partial charge in [0.1, 0.15) is 0 Å². The zero-order valence-electron chi connectivity index (χ0n) is 15.8. The molecule has 0 saturated carbocycles. The molecule has 1 amide bonds. The number of rotatable bonds is 8. The summed E-state index contributed by atoms with van der Waals surface area (Å²) < 4.78 is 27.6. The molecule has 29 heavy (non-hydrogen) atoms. The van der Waals surface area contributed by atoms with Crippen molar-refractivity contribution in [2.75, 3.05) is 5.32 Å². The third kappa shape index (κ3) is 5.39. The Labute approximate surface area is 177 Å². The average molecular weight is 449 g/mol. The van der Waals surface area contributed by atoms with Crippen LogP contribution in [0.2, 0.25) is 0 Å². The Hall–Kier alpha value is -2.33. The number of carbonyl (C=O) groups is 2. The van der Waals surface area contributed by atoms with E-state index >= 15 is 0 Å². The van der Waals surface area contributed by atoms with Crippen LogP contribution in [0.15, 0.2) is 58.1 Å². The molecule has 0 aliphatic carbocycles. The standard InChI is InChI=1S/C20H20N2O4S3/c1-13(2)20(24)22-15-3-6-17(7-4-15)29(25,26)21-11-16-5-8-18(28-16)19(23)14-9-10-27-12-14/h3-10,12-13,21H,11H2,1-2H3,(H,22,24). The van der Waals surface area contributed by atoms with E-state index in [-0.39, 0.29) is 29.0 Å². The Morgan fingerprint density at radius 1 is 1.03 bits per heavy atom. The molecule has 2 N–H and O–H groups in total. The zero-order chi connectivity index (χ0) is 21.0. The smallest absolute Gasteiger partial charge is 0.240 e. The third-order valence-corrected chi connectivity index (χ3v) is 7.25. The summed E-state index contributed by atoms with van der Waals surface area (Å²) in [6.07, 6.45) is 0. The number of sulfonamides is 1. The SMILES string of the molecule is CC(C)C(=O)Nc1ccc(S(=O)(=O)NCc2ccc(C(=O)c3ccsc3)s2)cc1. The van der Waals surface area contributed by atoms with Gasteiger partial charge in [-0.1, -0.05) is 13.8 Å². The van der Waals surface area contributed by atoms with Crippen LogP contribution in [0.1, 0.15) is 34.0 Å². The van der Waals surface area contributed by atoms with Crippen LogP contribution in [0.3, 0.4) is 0 Å². The van der Waals surface area contributed by atoms with Crippen LogP contribution in [0.5, 0.6) is 0 Å². The molecular weight excluding hydrogens is 428 g/mol. The first kappa shape index (κ1) is 21.4. The number of hydrogen-bond acceptors (Lipinski definition) is 6. The Morgan fingerprint density at radius 3 is 2.38 bits per heavy atom. The van der Waals surface area contributed by atoms with E-state index in [0.29, 0.717) is 16.1 Å². The molecule has 0 spiro atoms. The maximum absolute atomic E-state index is 12.5. The van der Waals surface area contributed by atoms with Crippen LogP contribution in [-0.2, 0) is 21.4 Å². The minimum absolute atomic E-state index is 0.0654. The van der Waals surface area contributed by atoms with Gasteiger partial charge in [0.05, 0.1) is 9.77 Å². The fraction of sp³-hybridized carbons (Fsp3) is 0.200. The first-order valence-electron chi connectivity index (χ1n) is 8.82. The van der Waals surface area contributed by atoms with Gasteiger partial charge in [-0.15, -0.1) is 11.3 Å². The van der Waals surface area contributed by atoms with E-state index in [1.807, 2.05) is 5.38 Å². The lowest BCUT2D eigenvalue weighted by atomic mass is 10.2. The Kier molecular flexibility index (Phi) is 6.63. The lowest BCUT2D eigenvalue weighted by Crippen LogP contribution is -2.23. The van der Waals surface area contributed by atoms with E-state index in [9.17, 15) is 18.0 Å². The van der Waals surface area contributed by atoms with E-state index in [4.69, 9.17) is 0 Å². The van der Waals surface area contributed by atoms with Gasteiger partial charge < -0.3 is 5.32 Å². The van der Waals surface area contributed by atoms with Crippen molar-refractivity contribution in [2.45, 2.75) is 25.3 Å². The highest BCUT2D eigenvalue weighted by Crippen LogP contribution is 2.22. The quantitative estimate of drug-likeness (QED) is 0.507. The molecule has 1 aromatic carbocycles. The molecule has 0 fully saturated rings. The first-order chi connectivity index (χ1) is 13.8. The summed E-state index contributed by atoms with van der Waals surface area (Å²) in [6, 6.07) is 11.2. The number of carbonyl (C=O) groups excluding carboxylic acids is 2. The number of benzene rings is 1. The molecule has 0 atom stereocenters. The summed E-state index contributed by atoms with van der Waals surface area (Å²) in [4.78, 5) is 25.5. The topological polar surface area (TPSA) is 92.3 Å². The number of anilines is 1. The van der Waals surface area contributed by atoms with Gasteiger partial charge in [0.2, 0.25) is 21.7 Å². The molecule has 3 rings (SSSR count). The zero-order valence-corrected chi connectivity index (χ0v) is 18.3. The van der Waals surface area contributed by atoms with Crippen molar-refractivity contribution in [3.63, 3.8) is 0 Å². The van der Waals surface area contributed by atoms with Crippen LogP contribution in [-0.4, -0.2) is 20.1 Å². The molecule has 3 aromatic rings. The van der Waals surface area contributed by atoms with Crippen LogP contribution in [0, 0.1) is 5.92 Å². The van der Waals surface area contributed by atoms with E-state index in [1.54, 1.807) is 49.6 Å². The van der Waals surface area contributed by atoms with E-state index in [1.165, 1.54) is 34.8 Å². The molecule has 152 valence electrons. The summed E-state index contributed by atoms with van der Waals surface area (Å²) in [7, 11) is -3.71. The highest BCUT2D eigenvalue weighted by molar-refractivity contribution is 7.89. The minimum atomic E-state index is -3.71. The summed E-state index contributed by atoms with van der Waals surface area (Å²) >= 11 is 2.72. The molecule has 0 aliphatic rings. The molecular formula is C20H20N2O4S3. The van der Waals surface area contributed by atoms with Crippen molar-refractivity contribution < 1.29 is 18.0 Å². The predicted octanol–water partition coefficient (Wildman–Crippen LogP) is 4.11. The van der Waals surface area contributed by atoms with Gasteiger partial charge in [0.15, 0.2) is 0 Å². The fourth-order valence-electron chi connectivity index (χ4n) is 2.38. The molecule has 0 radical (unpaired) electrons. The summed E-state index contributed by atoms with van der Waals surface area (Å²) in [5.41, 5.74) is 1.17. The van der Waals surface area contributed by atoms with Crippen molar-refractivity contribution in [1.82, 2.24) is 4.72 Å². The lowest BCUT2D eigenvalue weighted by Gasteiger charge is -2.09. The normalized spacial score (nSPS) is 11.6. The molecule has 2 aromatic heterocycles. The van der Waals surface area contributed by atoms with Gasteiger partial charge in [-0.3, -0.25) is 9.59 Å². The fourth-order valence-corrected chi connectivity index (χ4v) is 5.03. The number of amides is 1. The van der Waals surface area contributed by atoms with E-state index in [2.05, 4.69) is 10.0 Å². The van der Waals surface area contributed by atoms with Gasteiger partial charge in [-0.05, 0) is 47.8 Å². The lowest BCUT2D eigenvalue weighted by molar-refractivity contribution is -0.118. The van der Waals surface area contributed by atoms with Gasteiger partial charge in [0.25, 0.3) is 0 Å². The first-order valence-corrected chi connectivity index (χ1v) is 12.1. The molecule has 0 aliphatic heterocycles. The van der Waals surface area contributed by atoms with Crippen LogP contribution in [0.4, 0.5) is 5.69 Å². The molecule has 0 bridgehead atoms. The molecule has 0 unspecified atom stereocenters. The highest BCUT2D eigenvalue weighted by atomic mass is 32.2. The van der Waals surface area contributed by atoms with Crippen molar-refractivity contribution in [3.8, 4) is 0 Å². The predicted molar refractivity (Wildman–Crippen MR) is 116 cm³/mol. The van der Waals surface area contributed by atoms with Crippen molar-refractivity contribution in [2.24, 2.45) is 5.92 Å². The maximum atomic E-state index is 12.5. The van der Waals surface area contributed by atoms with Crippen LogP contribution in [0.25, 0.3) is 0 Å². The minimum Gasteiger partial charge on any atom is -0.326 e. The molecule has 0 saturated heterocycles. The Bertz CT molecular complexity index is 1100. The summed E-state index contributed by atoms with van der Waals surface area (Å²) in [6.45, 7) is 3.65. The second-order valence-electron chi connectivity index (χ2n) is 6.60. The maximum Gasteiger partial charge on any atom is 0.240 e. The van der Waals surface area contributed by atoms with Gasteiger partial charge in [-0.2, -0.15) is 11.3 Å². The number of hydrogen-bond donors (Lipinski definition) is 2. The number of ketones is 1. The summed E-state index contributed by atoms with van der Waals surface area (Å²) in [5.74, 6) is -0.365. The molecule has 9 heteroatoms. The van der Waals surface area contributed by atoms with Crippen LogP contribution < -0.4 is 10.0 Å². The number of thiophene rings is 2. The highest BCUT2D eigenvalue weighted by Gasteiger charge is 2.16. The second kappa shape index (κ2) is 9.00.